The molecule has 7 heteroatoms. The average Bonchev–Trinajstić information content (AvgIpc) is 2.73. The van der Waals surface area contributed by atoms with Gasteiger partial charge in [0.05, 0.1) is 16.8 Å². The summed E-state index contributed by atoms with van der Waals surface area (Å²) in [5.74, 6) is 0.616. The summed E-state index contributed by atoms with van der Waals surface area (Å²) in [5.41, 5.74) is 3.36. The number of hydrogen-bond acceptors (Lipinski definition) is 4. The first-order valence-electron chi connectivity index (χ1n) is 9.50. The molecule has 5 nitrogen and oxygen atoms in total. The summed E-state index contributed by atoms with van der Waals surface area (Å²) < 4.78 is 0. The highest BCUT2D eigenvalue weighted by atomic mass is 35.5. The number of halogens is 2. The fourth-order valence-electron chi connectivity index (χ4n) is 3.90. The lowest BCUT2D eigenvalue weighted by Gasteiger charge is -2.33. The van der Waals surface area contributed by atoms with Crippen LogP contribution in [-0.4, -0.2) is 47.5 Å². The molecule has 1 fully saturated rings. The zero-order chi connectivity index (χ0) is 18.6. The molecule has 3 heterocycles. The van der Waals surface area contributed by atoms with Crippen LogP contribution in [0.1, 0.15) is 23.2 Å². The monoisotopic (exact) mass is 432 g/mol. The number of carbonyl (C=O) groups excluding carboxylic acids is 1. The summed E-state index contributed by atoms with van der Waals surface area (Å²) in [6.45, 7) is 2.57. The van der Waals surface area contributed by atoms with E-state index in [2.05, 4.69) is 10.3 Å². The molecule has 3 aromatic rings. The summed E-state index contributed by atoms with van der Waals surface area (Å²) in [4.78, 5) is 24.3. The molecule has 0 saturated carbocycles. The molecule has 0 radical (unpaired) electrons. The van der Waals surface area contributed by atoms with Crippen LogP contribution in [0, 0.1) is 5.92 Å². The Labute approximate surface area is 183 Å². The van der Waals surface area contributed by atoms with Gasteiger partial charge in [0.15, 0.2) is 0 Å². The zero-order valence-corrected chi connectivity index (χ0v) is 18.0. The summed E-state index contributed by atoms with van der Waals surface area (Å²) >= 11 is 0. The van der Waals surface area contributed by atoms with E-state index in [0.29, 0.717) is 5.92 Å². The van der Waals surface area contributed by atoms with Gasteiger partial charge >= 0.3 is 0 Å². The maximum atomic E-state index is 13.4. The third-order valence-corrected chi connectivity index (χ3v) is 5.22. The number of nitrogens with one attached hydrogen (secondary N) is 1. The Morgan fingerprint density at radius 1 is 1.17 bits per heavy atom. The predicted octanol–water partition coefficient (Wildman–Crippen LogP) is 4.21. The summed E-state index contributed by atoms with van der Waals surface area (Å²) in [6, 6.07) is 13.7. The van der Waals surface area contributed by atoms with Crippen LogP contribution in [0.3, 0.4) is 0 Å². The SMILES string of the molecule is CNCC1CCCN(C(=O)c2cc(-c3ccncc3)nc3ccccc23)C1.Cl.Cl. The largest absolute Gasteiger partial charge is 0.338 e. The number of aromatic nitrogens is 2. The number of benzene rings is 1. The van der Waals surface area contributed by atoms with Crippen LogP contribution >= 0.6 is 24.8 Å². The highest BCUT2D eigenvalue weighted by Gasteiger charge is 2.25. The van der Waals surface area contributed by atoms with E-state index in [4.69, 9.17) is 4.98 Å². The highest BCUT2D eigenvalue weighted by molar-refractivity contribution is 6.07. The van der Waals surface area contributed by atoms with Crippen LogP contribution in [0.25, 0.3) is 22.2 Å². The van der Waals surface area contributed by atoms with Gasteiger partial charge in [-0.15, -0.1) is 24.8 Å². The van der Waals surface area contributed by atoms with Gasteiger partial charge < -0.3 is 10.2 Å². The van der Waals surface area contributed by atoms with Gasteiger partial charge in [0.1, 0.15) is 0 Å². The van der Waals surface area contributed by atoms with Crippen molar-refractivity contribution in [1.82, 2.24) is 20.2 Å². The highest BCUT2D eigenvalue weighted by Crippen LogP contribution is 2.27. The van der Waals surface area contributed by atoms with E-state index in [1.807, 2.05) is 54.4 Å². The predicted molar refractivity (Wildman–Crippen MR) is 122 cm³/mol. The van der Waals surface area contributed by atoms with E-state index >= 15 is 0 Å². The van der Waals surface area contributed by atoms with Gasteiger partial charge in [-0.3, -0.25) is 9.78 Å². The molecule has 0 spiro atoms. The molecule has 154 valence electrons. The van der Waals surface area contributed by atoms with Gasteiger partial charge in [0.2, 0.25) is 0 Å². The minimum absolute atomic E-state index is 0. The number of carbonyl (C=O) groups is 1. The Hall–Kier alpha value is -2.21. The lowest BCUT2D eigenvalue weighted by Crippen LogP contribution is -2.42. The number of pyridine rings is 2. The lowest BCUT2D eigenvalue weighted by atomic mass is 9.96. The van der Waals surface area contributed by atoms with Crippen LogP contribution in [0.5, 0.6) is 0 Å². The van der Waals surface area contributed by atoms with Crippen LogP contribution in [0.2, 0.25) is 0 Å². The number of nitrogens with zero attached hydrogens (tertiary/aromatic N) is 3. The maximum absolute atomic E-state index is 13.4. The number of likely N-dealkylation sites (tertiary alicyclic amines) is 1. The number of para-hydroxylation sites is 1. The van der Waals surface area contributed by atoms with Crippen molar-refractivity contribution in [1.29, 1.82) is 0 Å². The number of amides is 1. The van der Waals surface area contributed by atoms with Crippen LogP contribution in [-0.2, 0) is 0 Å². The first-order chi connectivity index (χ1) is 13.3. The molecule has 29 heavy (non-hydrogen) atoms. The van der Waals surface area contributed by atoms with Crippen LogP contribution < -0.4 is 5.32 Å². The molecule has 1 saturated heterocycles. The van der Waals surface area contributed by atoms with Gasteiger partial charge in [-0.1, -0.05) is 18.2 Å². The van der Waals surface area contributed by atoms with Crippen molar-refractivity contribution < 1.29 is 4.79 Å². The first-order valence-corrected chi connectivity index (χ1v) is 9.50. The second-order valence-corrected chi connectivity index (χ2v) is 7.13. The Bertz CT molecular complexity index is 950. The molecule has 1 amide bonds. The molecule has 1 aromatic carbocycles. The van der Waals surface area contributed by atoms with E-state index in [1.165, 1.54) is 6.42 Å². The number of hydrogen-bond donors (Lipinski definition) is 1. The molecular weight excluding hydrogens is 407 g/mol. The average molecular weight is 433 g/mol. The third-order valence-electron chi connectivity index (χ3n) is 5.22. The van der Waals surface area contributed by atoms with E-state index in [9.17, 15) is 4.79 Å². The van der Waals surface area contributed by atoms with Crippen molar-refractivity contribution in [2.45, 2.75) is 12.8 Å². The maximum Gasteiger partial charge on any atom is 0.254 e. The Morgan fingerprint density at radius 3 is 2.69 bits per heavy atom. The first kappa shape index (κ1) is 23.1. The Morgan fingerprint density at radius 2 is 1.93 bits per heavy atom. The molecule has 0 bridgehead atoms. The standard InChI is InChI=1S/C22H24N4O.2ClH/c1-23-14-16-5-4-12-26(15-16)22(27)19-13-21(17-8-10-24-11-9-17)25-20-7-3-2-6-18(19)20;;/h2-3,6-11,13,16,23H,4-5,12,14-15H2,1H3;2*1H. The molecule has 1 aliphatic rings. The minimum atomic E-state index is 0. The lowest BCUT2D eigenvalue weighted by molar-refractivity contribution is 0.0676. The van der Waals surface area contributed by atoms with Gasteiger partial charge in [-0.25, -0.2) is 4.98 Å². The van der Waals surface area contributed by atoms with Crippen molar-refractivity contribution in [3.8, 4) is 11.3 Å². The van der Waals surface area contributed by atoms with Crippen molar-refractivity contribution in [3.63, 3.8) is 0 Å². The van der Waals surface area contributed by atoms with Crippen molar-refractivity contribution >= 4 is 41.6 Å². The molecule has 2 aromatic heterocycles. The van der Waals surface area contributed by atoms with E-state index in [-0.39, 0.29) is 30.7 Å². The molecule has 0 aliphatic carbocycles. The second kappa shape index (κ2) is 10.5. The molecule has 1 atom stereocenters. The molecule has 4 rings (SSSR count). The van der Waals surface area contributed by atoms with Gasteiger partial charge in [0, 0.05) is 36.4 Å². The zero-order valence-electron chi connectivity index (χ0n) is 16.4. The van der Waals surface area contributed by atoms with Crippen molar-refractivity contribution in [2.24, 2.45) is 5.92 Å². The number of piperidine rings is 1. The summed E-state index contributed by atoms with van der Waals surface area (Å²) in [5, 5.41) is 4.16. The molecular formula is C22H26Cl2N4O. The fraction of sp³-hybridized carbons (Fsp3) is 0.318. The van der Waals surface area contributed by atoms with E-state index in [1.54, 1.807) is 12.4 Å². The van der Waals surface area contributed by atoms with Gasteiger partial charge in [0.25, 0.3) is 5.91 Å². The topological polar surface area (TPSA) is 58.1 Å². The number of rotatable bonds is 4. The van der Waals surface area contributed by atoms with Gasteiger partial charge in [-0.2, -0.15) is 0 Å². The minimum Gasteiger partial charge on any atom is -0.338 e. The van der Waals surface area contributed by atoms with E-state index < -0.39 is 0 Å². The quantitative estimate of drug-likeness (QED) is 0.670. The fourth-order valence-corrected chi connectivity index (χ4v) is 3.90. The summed E-state index contributed by atoms with van der Waals surface area (Å²) in [6.07, 6.45) is 5.73. The van der Waals surface area contributed by atoms with Crippen molar-refractivity contribution in [3.05, 3.63) is 60.4 Å². The smallest absolute Gasteiger partial charge is 0.254 e. The van der Waals surface area contributed by atoms with Crippen LogP contribution in [0.4, 0.5) is 0 Å². The van der Waals surface area contributed by atoms with Crippen LogP contribution in [0.15, 0.2) is 54.9 Å². The Kier molecular flexibility index (Phi) is 8.38. The van der Waals surface area contributed by atoms with Gasteiger partial charge in [-0.05, 0) is 56.6 Å². The van der Waals surface area contributed by atoms with E-state index in [0.717, 1.165) is 53.8 Å². The normalized spacial score (nSPS) is 16.0. The molecule has 1 aliphatic heterocycles. The molecule has 1 N–H and O–H groups in total. The molecule has 1 unspecified atom stereocenters. The third kappa shape index (κ3) is 5.04. The second-order valence-electron chi connectivity index (χ2n) is 7.13. The Balaban J connectivity index is 0.00000150. The number of fused-ring (bicyclic) bond motifs is 1. The van der Waals surface area contributed by atoms with Crippen molar-refractivity contribution in [2.75, 3.05) is 26.7 Å². The summed E-state index contributed by atoms with van der Waals surface area (Å²) in [7, 11) is 1.97.